The molecule has 0 bridgehead atoms. The van der Waals surface area contributed by atoms with Crippen molar-refractivity contribution in [3.63, 3.8) is 0 Å². The second kappa shape index (κ2) is 8.34. The second-order valence-electron chi connectivity index (χ2n) is 6.99. The molecule has 5 nitrogen and oxygen atoms in total. The minimum Gasteiger partial charge on any atom is -0.491 e. The van der Waals surface area contributed by atoms with Gasteiger partial charge >= 0.3 is 0 Å². The third-order valence-corrected chi connectivity index (χ3v) is 4.37. The van der Waals surface area contributed by atoms with Crippen LogP contribution in [0.2, 0.25) is 0 Å². The molecule has 0 fully saturated rings. The topological polar surface area (TPSA) is 57.6 Å². The van der Waals surface area contributed by atoms with Gasteiger partial charge in [0.25, 0.3) is 0 Å². The lowest BCUT2D eigenvalue weighted by atomic mass is 10.0. The maximum atomic E-state index is 9.94. The number of aliphatic hydroxyl groups is 1. The zero-order chi connectivity index (χ0) is 18.5. The van der Waals surface area contributed by atoms with E-state index >= 15 is 0 Å². The minimum absolute atomic E-state index is 0.277. The number of benzene rings is 1. The lowest BCUT2D eigenvalue weighted by molar-refractivity contribution is 0.104. The summed E-state index contributed by atoms with van der Waals surface area (Å²) in [6.45, 7) is 5.76. The summed E-state index contributed by atoms with van der Waals surface area (Å²) in [6.07, 6.45) is 3.43. The van der Waals surface area contributed by atoms with E-state index < -0.39 is 6.10 Å². The third-order valence-electron chi connectivity index (χ3n) is 4.37. The highest BCUT2D eigenvalue weighted by molar-refractivity contribution is 5.81. The minimum atomic E-state index is -0.521. The van der Waals surface area contributed by atoms with E-state index in [-0.39, 0.29) is 6.61 Å². The zero-order valence-corrected chi connectivity index (χ0v) is 15.6. The van der Waals surface area contributed by atoms with Crippen LogP contribution in [-0.2, 0) is 6.54 Å². The Morgan fingerprint density at radius 1 is 1.23 bits per heavy atom. The Balaban J connectivity index is 1.64. The molecule has 0 aliphatic carbocycles. The van der Waals surface area contributed by atoms with Gasteiger partial charge in [-0.2, -0.15) is 0 Å². The lowest BCUT2D eigenvalue weighted by Gasteiger charge is -2.28. The molecule has 0 spiro atoms. The average Bonchev–Trinajstić information content (AvgIpc) is 2.64. The van der Waals surface area contributed by atoms with Crippen LogP contribution in [0.15, 0.2) is 42.6 Å². The van der Waals surface area contributed by atoms with Crippen molar-refractivity contribution in [1.29, 1.82) is 0 Å². The molecule has 0 radical (unpaired) electrons. The van der Waals surface area contributed by atoms with E-state index in [1.54, 1.807) is 0 Å². The predicted molar refractivity (Wildman–Crippen MR) is 105 cm³/mol. The molecule has 1 unspecified atom stereocenters. The highest BCUT2D eigenvalue weighted by Gasteiger charge is 2.16. The molecule has 3 rings (SSSR count). The van der Waals surface area contributed by atoms with Gasteiger partial charge in [-0.1, -0.05) is 19.9 Å². The van der Waals surface area contributed by atoms with E-state index in [0.717, 1.165) is 29.2 Å². The van der Waals surface area contributed by atoms with E-state index in [2.05, 4.69) is 48.2 Å². The molecule has 2 aromatic rings. The van der Waals surface area contributed by atoms with Crippen molar-refractivity contribution in [2.45, 2.75) is 32.5 Å². The number of rotatable bonds is 7. The van der Waals surface area contributed by atoms with Crippen LogP contribution in [0.4, 0.5) is 0 Å². The van der Waals surface area contributed by atoms with Crippen LogP contribution in [0.5, 0.6) is 5.75 Å². The molecule has 2 N–H and O–H groups in total. The maximum absolute atomic E-state index is 9.94. The summed E-state index contributed by atoms with van der Waals surface area (Å²) in [4.78, 5) is 6.69. The first-order valence-corrected chi connectivity index (χ1v) is 9.04. The molecule has 5 heteroatoms. The first-order valence-electron chi connectivity index (χ1n) is 9.04. The first kappa shape index (κ1) is 18.4. The van der Waals surface area contributed by atoms with Crippen LogP contribution in [0.1, 0.15) is 30.7 Å². The molecule has 138 valence electrons. The SMILES string of the molecule is CC(C)NCC(O)COc1ccc(C2=Cc3ncccc3CN2C)cc1. The Morgan fingerprint density at radius 3 is 2.73 bits per heavy atom. The molecule has 26 heavy (non-hydrogen) atoms. The quantitative estimate of drug-likeness (QED) is 0.802. The van der Waals surface area contributed by atoms with Gasteiger partial charge in [-0.15, -0.1) is 0 Å². The average molecular weight is 353 g/mol. The van der Waals surface area contributed by atoms with E-state index in [4.69, 9.17) is 4.74 Å². The molecule has 1 atom stereocenters. The van der Waals surface area contributed by atoms with Crippen molar-refractivity contribution in [3.05, 3.63) is 59.4 Å². The summed E-state index contributed by atoms with van der Waals surface area (Å²) in [7, 11) is 2.09. The van der Waals surface area contributed by atoms with Gasteiger partial charge in [0, 0.05) is 38.1 Å². The monoisotopic (exact) mass is 353 g/mol. The van der Waals surface area contributed by atoms with Gasteiger partial charge in [0.15, 0.2) is 0 Å². The Bertz CT molecular complexity index is 756. The fraction of sp³-hybridized carbons (Fsp3) is 0.381. The molecule has 1 aliphatic heterocycles. The number of nitrogens with one attached hydrogen (secondary N) is 1. The number of hydrogen-bond donors (Lipinski definition) is 2. The molecule has 2 heterocycles. The number of hydrogen-bond acceptors (Lipinski definition) is 5. The van der Waals surface area contributed by atoms with Crippen molar-refractivity contribution in [2.75, 3.05) is 20.2 Å². The maximum Gasteiger partial charge on any atom is 0.119 e. The largest absolute Gasteiger partial charge is 0.491 e. The summed E-state index contributed by atoms with van der Waals surface area (Å²) in [5, 5.41) is 13.1. The van der Waals surface area contributed by atoms with Crippen molar-refractivity contribution >= 4 is 11.8 Å². The van der Waals surface area contributed by atoms with Crippen LogP contribution in [0, 0.1) is 0 Å². The van der Waals surface area contributed by atoms with Gasteiger partial charge in [-0.05, 0) is 47.5 Å². The number of pyridine rings is 1. The Labute approximate surface area is 155 Å². The Morgan fingerprint density at radius 2 is 2.00 bits per heavy atom. The summed E-state index contributed by atoms with van der Waals surface area (Å²) in [6, 6.07) is 12.4. The number of nitrogens with zero attached hydrogens (tertiary/aromatic N) is 2. The van der Waals surface area contributed by atoms with Crippen molar-refractivity contribution < 1.29 is 9.84 Å². The molecule has 1 aliphatic rings. The van der Waals surface area contributed by atoms with Gasteiger partial charge in [0.2, 0.25) is 0 Å². The van der Waals surface area contributed by atoms with Crippen molar-refractivity contribution in [3.8, 4) is 5.75 Å². The van der Waals surface area contributed by atoms with Crippen LogP contribution in [0.3, 0.4) is 0 Å². The van der Waals surface area contributed by atoms with Gasteiger partial charge in [0.1, 0.15) is 18.5 Å². The number of fused-ring (bicyclic) bond motifs is 1. The molecule has 0 saturated heterocycles. The molecule has 1 aromatic carbocycles. The van der Waals surface area contributed by atoms with Crippen LogP contribution >= 0.6 is 0 Å². The summed E-state index contributed by atoms with van der Waals surface area (Å²) >= 11 is 0. The highest BCUT2D eigenvalue weighted by atomic mass is 16.5. The van der Waals surface area contributed by atoms with Crippen LogP contribution < -0.4 is 10.1 Å². The highest BCUT2D eigenvalue weighted by Crippen LogP contribution is 2.29. The lowest BCUT2D eigenvalue weighted by Crippen LogP contribution is -2.35. The summed E-state index contributed by atoms with van der Waals surface area (Å²) in [5.74, 6) is 0.759. The standard InChI is InChI=1S/C21H27N3O2/c1-15(2)23-12-18(25)14-26-19-8-6-16(7-9-19)21-11-20-17(13-24(21)3)5-4-10-22-20/h4-11,15,18,23,25H,12-14H2,1-3H3. The molecular weight excluding hydrogens is 326 g/mol. The van der Waals surface area contributed by atoms with Crippen molar-refractivity contribution in [2.24, 2.45) is 0 Å². The van der Waals surface area contributed by atoms with Gasteiger partial charge < -0.3 is 20.1 Å². The second-order valence-corrected chi connectivity index (χ2v) is 6.99. The summed E-state index contributed by atoms with van der Waals surface area (Å²) in [5.41, 5.74) is 4.53. The van der Waals surface area contributed by atoms with E-state index in [1.807, 2.05) is 36.5 Å². The predicted octanol–water partition coefficient (Wildman–Crippen LogP) is 2.76. The molecular formula is C21H27N3O2. The molecule has 1 aromatic heterocycles. The first-order chi connectivity index (χ1) is 12.5. The molecule has 0 amide bonds. The number of aliphatic hydroxyl groups excluding tert-OH is 1. The zero-order valence-electron chi connectivity index (χ0n) is 15.6. The van der Waals surface area contributed by atoms with E-state index in [0.29, 0.717) is 12.6 Å². The fourth-order valence-corrected chi connectivity index (χ4v) is 2.94. The van der Waals surface area contributed by atoms with Crippen LogP contribution in [0.25, 0.3) is 11.8 Å². The summed E-state index contributed by atoms with van der Waals surface area (Å²) < 4.78 is 5.69. The Kier molecular flexibility index (Phi) is 5.91. The number of aromatic nitrogens is 1. The fourth-order valence-electron chi connectivity index (χ4n) is 2.94. The van der Waals surface area contributed by atoms with Gasteiger partial charge in [-0.3, -0.25) is 4.98 Å². The van der Waals surface area contributed by atoms with Crippen LogP contribution in [-0.4, -0.2) is 47.3 Å². The van der Waals surface area contributed by atoms with E-state index in [1.165, 1.54) is 5.56 Å². The molecule has 0 saturated carbocycles. The number of ether oxygens (including phenoxy) is 1. The van der Waals surface area contributed by atoms with Gasteiger partial charge in [-0.25, -0.2) is 0 Å². The smallest absolute Gasteiger partial charge is 0.119 e. The Hall–Kier alpha value is -2.37. The van der Waals surface area contributed by atoms with E-state index in [9.17, 15) is 5.11 Å². The van der Waals surface area contributed by atoms with Crippen molar-refractivity contribution in [1.82, 2.24) is 15.2 Å². The normalized spacial score (nSPS) is 14.8. The third kappa shape index (κ3) is 4.62. The van der Waals surface area contributed by atoms with Gasteiger partial charge in [0.05, 0.1) is 5.69 Å².